The van der Waals surface area contributed by atoms with Crippen molar-refractivity contribution >= 4 is 44.1 Å². The SMILES string of the molecule is CC(C)NS(=O)(=O)c1cccc(-c2cnc(N)c(C(=O)NC(C)c3cc4cccc(Cl)c4c(=O)n3-c3ccccc3)n2)c1. The highest BCUT2D eigenvalue weighted by Gasteiger charge is 2.23. The predicted octanol–water partition coefficient (Wildman–Crippen LogP) is 4.86. The first-order valence-electron chi connectivity index (χ1n) is 13.4. The number of pyridine rings is 1. The molecule has 4 N–H and O–H groups in total. The number of hydrogen-bond acceptors (Lipinski definition) is 7. The van der Waals surface area contributed by atoms with Crippen LogP contribution in [0, 0.1) is 0 Å². The number of carbonyl (C=O) groups is 1. The molecule has 12 heteroatoms. The summed E-state index contributed by atoms with van der Waals surface area (Å²) in [5, 5.41) is 4.21. The van der Waals surface area contributed by atoms with E-state index < -0.39 is 22.0 Å². The van der Waals surface area contributed by atoms with E-state index >= 15 is 0 Å². The number of fused-ring (bicyclic) bond motifs is 1. The summed E-state index contributed by atoms with van der Waals surface area (Å²) < 4.78 is 29.5. The minimum atomic E-state index is -3.76. The molecule has 43 heavy (non-hydrogen) atoms. The molecule has 0 aliphatic heterocycles. The summed E-state index contributed by atoms with van der Waals surface area (Å²) in [7, 11) is -3.76. The van der Waals surface area contributed by atoms with E-state index in [2.05, 4.69) is 20.0 Å². The summed E-state index contributed by atoms with van der Waals surface area (Å²) in [4.78, 5) is 35.9. The lowest BCUT2D eigenvalue weighted by Gasteiger charge is -2.21. The van der Waals surface area contributed by atoms with Crippen molar-refractivity contribution in [2.45, 2.75) is 37.8 Å². The molecule has 0 fully saturated rings. The van der Waals surface area contributed by atoms with Crippen molar-refractivity contribution in [3.8, 4) is 16.9 Å². The van der Waals surface area contributed by atoms with Gasteiger partial charge in [0.1, 0.15) is 0 Å². The van der Waals surface area contributed by atoms with Crippen molar-refractivity contribution in [2.75, 3.05) is 5.73 Å². The summed E-state index contributed by atoms with van der Waals surface area (Å²) in [5.41, 5.74) is 7.41. The fourth-order valence-corrected chi connectivity index (χ4v) is 6.31. The molecule has 0 aliphatic carbocycles. The Bertz CT molecular complexity index is 2010. The van der Waals surface area contributed by atoms with Gasteiger partial charge in [-0.25, -0.2) is 23.1 Å². The molecule has 2 heterocycles. The summed E-state index contributed by atoms with van der Waals surface area (Å²) in [6.07, 6.45) is 1.37. The molecular weight excluding hydrogens is 588 g/mol. The van der Waals surface area contributed by atoms with Crippen LogP contribution in [0.25, 0.3) is 27.7 Å². The number of nitrogens with two attached hydrogens (primary N) is 1. The number of nitrogens with zero attached hydrogens (tertiary/aromatic N) is 3. The number of halogens is 1. The number of sulfonamides is 1. The zero-order valence-corrected chi connectivity index (χ0v) is 25.1. The Kier molecular flexibility index (Phi) is 8.32. The zero-order chi connectivity index (χ0) is 30.9. The molecule has 0 radical (unpaired) electrons. The Morgan fingerprint density at radius 2 is 1.70 bits per heavy atom. The number of aromatic nitrogens is 3. The van der Waals surface area contributed by atoms with E-state index in [0.717, 1.165) is 0 Å². The molecule has 0 bridgehead atoms. The highest BCUT2D eigenvalue weighted by molar-refractivity contribution is 7.89. The fraction of sp³-hybridized carbons (Fsp3) is 0.161. The van der Waals surface area contributed by atoms with Gasteiger partial charge >= 0.3 is 0 Å². The van der Waals surface area contributed by atoms with Crippen LogP contribution in [-0.2, 0) is 10.0 Å². The maximum atomic E-state index is 13.7. The third kappa shape index (κ3) is 6.14. The minimum Gasteiger partial charge on any atom is -0.382 e. The number of para-hydroxylation sites is 1. The van der Waals surface area contributed by atoms with Gasteiger partial charge in [-0.15, -0.1) is 0 Å². The number of anilines is 1. The number of hydrogen-bond donors (Lipinski definition) is 3. The van der Waals surface area contributed by atoms with E-state index in [1.807, 2.05) is 24.3 Å². The molecule has 0 spiro atoms. The summed E-state index contributed by atoms with van der Waals surface area (Å²) in [6.45, 7) is 5.20. The lowest BCUT2D eigenvalue weighted by Crippen LogP contribution is -2.33. The van der Waals surface area contributed by atoms with Crippen LogP contribution in [0.4, 0.5) is 5.82 Å². The topological polar surface area (TPSA) is 149 Å². The van der Waals surface area contributed by atoms with Gasteiger partial charge in [0.2, 0.25) is 10.0 Å². The first kappa shape index (κ1) is 29.9. The van der Waals surface area contributed by atoms with Crippen LogP contribution in [-0.4, -0.2) is 34.9 Å². The molecule has 2 aromatic heterocycles. The molecule has 5 rings (SSSR count). The Morgan fingerprint density at radius 1 is 0.977 bits per heavy atom. The standard InChI is InChI=1S/C31H29ClN6O4S/c1-18(2)37-43(41,42)23-13-7-9-20(15-23)25-17-34-29(33)28(36-25)30(39)35-19(3)26-16-21-10-8-14-24(32)27(21)31(40)38(26)22-11-5-4-6-12-22/h4-19,37H,1-3H3,(H2,33,34)(H,35,39). The van der Waals surface area contributed by atoms with Crippen molar-refractivity contribution < 1.29 is 13.2 Å². The van der Waals surface area contributed by atoms with Crippen molar-refractivity contribution in [3.63, 3.8) is 0 Å². The minimum absolute atomic E-state index is 0.0484. The molecule has 0 saturated heterocycles. The van der Waals surface area contributed by atoms with Gasteiger partial charge in [0.15, 0.2) is 11.5 Å². The highest BCUT2D eigenvalue weighted by Crippen LogP contribution is 2.26. The van der Waals surface area contributed by atoms with Crippen LogP contribution in [0.15, 0.2) is 94.7 Å². The second kappa shape index (κ2) is 12.0. The van der Waals surface area contributed by atoms with Crippen LogP contribution in [0.2, 0.25) is 5.02 Å². The van der Waals surface area contributed by atoms with Crippen molar-refractivity contribution in [1.29, 1.82) is 0 Å². The number of amides is 1. The monoisotopic (exact) mass is 616 g/mol. The lowest BCUT2D eigenvalue weighted by atomic mass is 10.1. The third-order valence-electron chi connectivity index (χ3n) is 6.68. The van der Waals surface area contributed by atoms with E-state index in [0.29, 0.717) is 32.7 Å². The second-order valence-electron chi connectivity index (χ2n) is 10.2. The Labute approximate surface area is 253 Å². The average Bonchev–Trinajstić information content (AvgIpc) is 2.97. The van der Waals surface area contributed by atoms with Gasteiger partial charge in [-0.3, -0.25) is 14.2 Å². The number of nitrogens with one attached hydrogen (secondary N) is 2. The number of carbonyl (C=O) groups excluding carboxylic acids is 1. The maximum Gasteiger partial charge on any atom is 0.274 e. The maximum absolute atomic E-state index is 13.7. The van der Waals surface area contributed by atoms with Gasteiger partial charge in [-0.05, 0) is 62.6 Å². The smallest absolute Gasteiger partial charge is 0.274 e. The van der Waals surface area contributed by atoms with Gasteiger partial charge in [-0.2, -0.15) is 0 Å². The molecule has 5 aromatic rings. The Morgan fingerprint density at radius 3 is 2.42 bits per heavy atom. The molecule has 1 amide bonds. The van der Waals surface area contributed by atoms with Crippen LogP contribution in [0.3, 0.4) is 0 Å². The largest absolute Gasteiger partial charge is 0.382 e. The summed E-state index contributed by atoms with van der Waals surface area (Å²) in [5.74, 6) is -0.729. The zero-order valence-electron chi connectivity index (χ0n) is 23.6. The van der Waals surface area contributed by atoms with E-state index in [1.54, 1.807) is 63.2 Å². The van der Waals surface area contributed by atoms with Crippen LogP contribution in [0.5, 0.6) is 0 Å². The fourth-order valence-electron chi connectivity index (χ4n) is 4.75. The third-order valence-corrected chi connectivity index (χ3v) is 8.65. The molecule has 3 aromatic carbocycles. The van der Waals surface area contributed by atoms with Gasteiger partial charge in [0, 0.05) is 23.0 Å². The van der Waals surface area contributed by atoms with Crippen LogP contribution in [0.1, 0.15) is 43.0 Å². The number of nitrogen functional groups attached to an aromatic ring is 1. The molecule has 10 nitrogen and oxygen atoms in total. The van der Waals surface area contributed by atoms with E-state index in [1.165, 1.54) is 22.9 Å². The van der Waals surface area contributed by atoms with Gasteiger partial charge in [0.05, 0.1) is 33.2 Å². The number of rotatable bonds is 8. The molecule has 0 saturated carbocycles. The molecule has 1 atom stereocenters. The molecule has 0 aliphatic rings. The van der Waals surface area contributed by atoms with Crippen LogP contribution >= 0.6 is 11.6 Å². The normalized spacial score (nSPS) is 12.4. The summed E-state index contributed by atoms with van der Waals surface area (Å²) >= 11 is 6.41. The van der Waals surface area contributed by atoms with E-state index in [-0.39, 0.29) is 33.7 Å². The van der Waals surface area contributed by atoms with E-state index in [4.69, 9.17) is 17.3 Å². The van der Waals surface area contributed by atoms with Crippen molar-refractivity contribution in [2.24, 2.45) is 0 Å². The van der Waals surface area contributed by atoms with Gasteiger partial charge in [-0.1, -0.05) is 54.1 Å². The highest BCUT2D eigenvalue weighted by atomic mass is 35.5. The van der Waals surface area contributed by atoms with Crippen LogP contribution < -0.4 is 21.3 Å². The molecule has 220 valence electrons. The van der Waals surface area contributed by atoms with Crippen molar-refractivity contribution in [1.82, 2.24) is 24.6 Å². The Hall–Kier alpha value is -4.58. The molecular formula is C31H29ClN6O4S. The van der Waals surface area contributed by atoms with E-state index in [9.17, 15) is 18.0 Å². The predicted molar refractivity (Wildman–Crippen MR) is 168 cm³/mol. The lowest BCUT2D eigenvalue weighted by molar-refractivity contribution is 0.0934. The average molecular weight is 617 g/mol. The quantitative estimate of drug-likeness (QED) is 0.225. The first-order valence-corrected chi connectivity index (χ1v) is 15.3. The molecule has 1 unspecified atom stereocenters. The Balaban J connectivity index is 1.52. The second-order valence-corrected chi connectivity index (χ2v) is 12.4. The van der Waals surface area contributed by atoms with Gasteiger partial charge in [0.25, 0.3) is 11.5 Å². The van der Waals surface area contributed by atoms with Crippen molar-refractivity contribution in [3.05, 3.63) is 112 Å². The number of benzene rings is 3. The first-order chi connectivity index (χ1) is 20.5. The van der Waals surface area contributed by atoms with Gasteiger partial charge < -0.3 is 11.1 Å². The summed E-state index contributed by atoms with van der Waals surface area (Å²) in [6, 6.07) is 21.3.